The number of hydrogen-bond acceptors (Lipinski definition) is 4. The van der Waals surface area contributed by atoms with Crippen LogP contribution in [0.4, 0.5) is 14.6 Å². The molecule has 2 rings (SSSR count). The molecule has 20 heavy (non-hydrogen) atoms. The van der Waals surface area contributed by atoms with E-state index in [1.165, 1.54) is 6.33 Å². The van der Waals surface area contributed by atoms with Gasteiger partial charge in [0.2, 0.25) is 5.88 Å². The van der Waals surface area contributed by atoms with Crippen molar-refractivity contribution in [3.05, 3.63) is 41.7 Å². The van der Waals surface area contributed by atoms with E-state index in [9.17, 15) is 8.78 Å². The van der Waals surface area contributed by atoms with Crippen LogP contribution in [-0.2, 0) is 0 Å². The molecule has 4 nitrogen and oxygen atoms in total. The maximum absolute atomic E-state index is 13.1. The summed E-state index contributed by atoms with van der Waals surface area (Å²) >= 11 is 0. The molecule has 0 saturated heterocycles. The first-order chi connectivity index (χ1) is 9.60. The monoisotopic (exact) mass is 279 g/mol. The number of hydrogen-bond donors (Lipinski definition) is 1. The van der Waals surface area contributed by atoms with Crippen LogP contribution in [0.25, 0.3) is 0 Å². The molecule has 0 aliphatic carbocycles. The molecule has 0 saturated carbocycles. The highest BCUT2D eigenvalue weighted by Gasteiger charge is 2.10. The first-order valence-electron chi connectivity index (χ1n) is 6.29. The zero-order valence-corrected chi connectivity index (χ0v) is 11.3. The van der Waals surface area contributed by atoms with Crippen LogP contribution in [0.2, 0.25) is 0 Å². The lowest BCUT2D eigenvalue weighted by molar-refractivity contribution is 0.447. The Hall–Kier alpha value is -2.24. The number of anilines is 1. The molecule has 0 atom stereocenters. The Morgan fingerprint density at radius 3 is 2.50 bits per heavy atom. The maximum Gasteiger partial charge on any atom is 0.227 e. The molecule has 0 aliphatic rings. The van der Waals surface area contributed by atoms with Crippen molar-refractivity contribution < 1.29 is 13.5 Å². The van der Waals surface area contributed by atoms with Gasteiger partial charge in [0.05, 0.1) is 5.56 Å². The lowest BCUT2D eigenvalue weighted by atomic mass is 10.3. The van der Waals surface area contributed by atoms with E-state index in [0.717, 1.165) is 31.2 Å². The quantitative estimate of drug-likeness (QED) is 0.907. The van der Waals surface area contributed by atoms with Gasteiger partial charge in [-0.1, -0.05) is 6.92 Å². The second-order valence-electron chi connectivity index (χ2n) is 4.29. The van der Waals surface area contributed by atoms with Crippen LogP contribution in [0.3, 0.4) is 0 Å². The zero-order chi connectivity index (χ0) is 14.5. The molecule has 0 unspecified atom stereocenters. The van der Waals surface area contributed by atoms with E-state index in [0.29, 0.717) is 11.4 Å². The molecule has 0 fully saturated rings. The van der Waals surface area contributed by atoms with Gasteiger partial charge in [0.15, 0.2) is 0 Å². The average Bonchev–Trinajstić information content (AvgIpc) is 2.38. The molecule has 2 aromatic rings. The largest absolute Gasteiger partial charge is 0.438 e. The Balaban J connectivity index is 2.24. The summed E-state index contributed by atoms with van der Waals surface area (Å²) in [6.45, 7) is 4.59. The zero-order valence-electron chi connectivity index (χ0n) is 11.3. The van der Waals surface area contributed by atoms with Crippen LogP contribution in [0.1, 0.15) is 18.9 Å². The fourth-order valence-electron chi connectivity index (χ4n) is 1.66. The topological polar surface area (TPSA) is 47.0 Å². The minimum Gasteiger partial charge on any atom is -0.438 e. The molecule has 0 radical (unpaired) electrons. The molecular weight excluding hydrogens is 264 g/mol. The summed E-state index contributed by atoms with van der Waals surface area (Å²) in [5.74, 6) is -0.421. The van der Waals surface area contributed by atoms with Crippen molar-refractivity contribution in [1.82, 2.24) is 9.97 Å². The second kappa shape index (κ2) is 6.27. The molecule has 0 bridgehead atoms. The van der Waals surface area contributed by atoms with Gasteiger partial charge >= 0.3 is 0 Å². The number of aromatic nitrogens is 2. The van der Waals surface area contributed by atoms with Gasteiger partial charge in [-0.2, -0.15) is 0 Å². The maximum atomic E-state index is 13.1. The number of benzene rings is 1. The van der Waals surface area contributed by atoms with Crippen molar-refractivity contribution in [2.75, 3.05) is 11.9 Å². The molecule has 0 amide bonds. The van der Waals surface area contributed by atoms with Gasteiger partial charge in [-0.15, -0.1) is 0 Å². The van der Waals surface area contributed by atoms with Gasteiger partial charge in [0, 0.05) is 24.7 Å². The van der Waals surface area contributed by atoms with E-state index in [1.807, 2.05) is 6.92 Å². The van der Waals surface area contributed by atoms with E-state index in [4.69, 9.17) is 4.74 Å². The standard InChI is InChI=1S/C14H15F2N3O/c1-3-4-17-13-9(2)14(19-8-18-13)20-12-6-10(15)5-11(16)7-12/h5-8H,3-4H2,1-2H3,(H,17,18,19). The highest BCUT2D eigenvalue weighted by atomic mass is 19.1. The van der Waals surface area contributed by atoms with Crippen LogP contribution in [-0.4, -0.2) is 16.5 Å². The first kappa shape index (κ1) is 14.2. The predicted molar refractivity (Wildman–Crippen MR) is 72.0 cm³/mol. The van der Waals surface area contributed by atoms with Gasteiger partial charge in [0.25, 0.3) is 0 Å². The number of nitrogens with one attached hydrogen (secondary N) is 1. The Labute approximate surface area is 115 Å². The Morgan fingerprint density at radius 1 is 1.15 bits per heavy atom. The fourth-order valence-corrected chi connectivity index (χ4v) is 1.66. The lowest BCUT2D eigenvalue weighted by Crippen LogP contribution is -2.05. The van der Waals surface area contributed by atoms with Crippen molar-refractivity contribution in [2.45, 2.75) is 20.3 Å². The number of nitrogens with zero attached hydrogens (tertiary/aromatic N) is 2. The van der Waals surface area contributed by atoms with E-state index >= 15 is 0 Å². The summed E-state index contributed by atoms with van der Waals surface area (Å²) in [6.07, 6.45) is 2.30. The average molecular weight is 279 g/mol. The third-order valence-electron chi connectivity index (χ3n) is 2.63. The van der Waals surface area contributed by atoms with Gasteiger partial charge in [-0.3, -0.25) is 0 Å². The molecule has 106 valence electrons. The SMILES string of the molecule is CCCNc1ncnc(Oc2cc(F)cc(F)c2)c1C. The van der Waals surface area contributed by atoms with Crippen LogP contribution in [0.15, 0.2) is 24.5 Å². The molecular formula is C14H15F2N3O. The normalized spacial score (nSPS) is 10.4. The van der Waals surface area contributed by atoms with Crippen molar-refractivity contribution in [3.63, 3.8) is 0 Å². The fraction of sp³-hybridized carbons (Fsp3) is 0.286. The van der Waals surface area contributed by atoms with Crippen molar-refractivity contribution in [2.24, 2.45) is 0 Å². The van der Waals surface area contributed by atoms with E-state index in [-0.39, 0.29) is 11.6 Å². The molecule has 0 aliphatic heterocycles. The lowest BCUT2D eigenvalue weighted by Gasteiger charge is -2.11. The summed E-state index contributed by atoms with van der Waals surface area (Å²) in [5, 5.41) is 3.13. The minimum atomic E-state index is -0.698. The summed E-state index contributed by atoms with van der Waals surface area (Å²) in [4.78, 5) is 8.09. The van der Waals surface area contributed by atoms with Crippen molar-refractivity contribution >= 4 is 5.82 Å². The van der Waals surface area contributed by atoms with Crippen LogP contribution in [0.5, 0.6) is 11.6 Å². The summed E-state index contributed by atoms with van der Waals surface area (Å²) in [7, 11) is 0. The van der Waals surface area contributed by atoms with Crippen LogP contribution in [0, 0.1) is 18.6 Å². The number of ether oxygens (including phenoxy) is 1. The first-order valence-corrected chi connectivity index (χ1v) is 6.29. The molecule has 1 N–H and O–H groups in total. The van der Waals surface area contributed by atoms with Gasteiger partial charge in [-0.05, 0) is 13.3 Å². The number of halogens is 2. The summed E-state index contributed by atoms with van der Waals surface area (Å²) < 4.78 is 31.6. The highest BCUT2D eigenvalue weighted by molar-refractivity contribution is 5.48. The van der Waals surface area contributed by atoms with E-state index < -0.39 is 11.6 Å². The Bertz CT molecular complexity index is 585. The van der Waals surface area contributed by atoms with Gasteiger partial charge < -0.3 is 10.1 Å². The Kier molecular flexibility index (Phi) is 4.45. The summed E-state index contributed by atoms with van der Waals surface area (Å²) in [5.41, 5.74) is 0.686. The Morgan fingerprint density at radius 2 is 1.85 bits per heavy atom. The highest BCUT2D eigenvalue weighted by Crippen LogP contribution is 2.27. The van der Waals surface area contributed by atoms with Crippen molar-refractivity contribution in [3.8, 4) is 11.6 Å². The molecule has 1 aromatic heterocycles. The van der Waals surface area contributed by atoms with Crippen LogP contribution >= 0.6 is 0 Å². The van der Waals surface area contributed by atoms with E-state index in [2.05, 4.69) is 15.3 Å². The molecule has 1 aromatic carbocycles. The molecule has 1 heterocycles. The third kappa shape index (κ3) is 3.40. The number of rotatable bonds is 5. The third-order valence-corrected chi connectivity index (χ3v) is 2.63. The van der Waals surface area contributed by atoms with Crippen LogP contribution < -0.4 is 10.1 Å². The predicted octanol–water partition coefficient (Wildman–Crippen LogP) is 3.68. The minimum absolute atomic E-state index is 0.0609. The molecule has 6 heteroatoms. The smallest absolute Gasteiger partial charge is 0.227 e. The van der Waals surface area contributed by atoms with Crippen molar-refractivity contribution in [1.29, 1.82) is 0 Å². The summed E-state index contributed by atoms with van der Waals surface area (Å²) in [6, 6.07) is 2.99. The van der Waals surface area contributed by atoms with E-state index in [1.54, 1.807) is 6.92 Å². The van der Waals surface area contributed by atoms with Gasteiger partial charge in [-0.25, -0.2) is 18.7 Å². The second-order valence-corrected chi connectivity index (χ2v) is 4.29. The molecule has 0 spiro atoms. The van der Waals surface area contributed by atoms with Gasteiger partial charge in [0.1, 0.15) is 29.5 Å².